The van der Waals surface area contributed by atoms with Gasteiger partial charge in [-0.1, -0.05) is 11.6 Å². The van der Waals surface area contributed by atoms with E-state index in [9.17, 15) is 0 Å². The molecule has 1 aliphatic rings. The lowest BCUT2D eigenvalue weighted by atomic mass is 10.1. The molecule has 0 saturated heterocycles. The van der Waals surface area contributed by atoms with Crippen LogP contribution in [0.3, 0.4) is 0 Å². The zero-order chi connectivity index (χ0) is 9.97. The van der Waals surface area contributed by atoms with Gasteiger partial charge in [-0.05, 0) is 38.2 Å². The summed E-state index contributed by atoms with van der Waals surface area (Å²) in [5.41, 5.74) is 3.99. The molecule has 1 aromatic rings. The molecular weight excluding hydrogens is 190 g/mol. The number of hydrogen-bond donors (Lipinski definition) is 0. The number of benzene rings is 1. The van der Waals surface area contributed by atoms with Gasteiger partial charge in [-0.25, -0.2) is 0 Å². The van der Waals surface area contributed by atoms with E-state index in [4.69, 9.17) is 0 Å². The fourth-order valence-electron chi connectivity index (χ4n) is 1.81. The molecule has 1 aliphatic heterocycles. The van der Waals surface area contributed by atoms with E-state index in [-0.39, 0.29) is 0 Å². The van der Waals surface area contributed by atoms with Crippen LogP contribution in [-0.4, -0.2) is 18.5 Å². The van der Waals surface area contributed by atoms with Gasteiger partial charge in [0.25, 0.3) is 0 Å². The van der Waals surface area contributed by atoms with Crippen molar-refractivity contribution in [3.63, 3.8) is 0 Å². The second-order valence-corrected chi connectivity index (χ2v) is 4.48. The highest BCUT2D eigenvalue weighted by atomic mass is 32.2. The van der Waals surface area contributed by atoms with Crippen LogP contribution in [0.25, 0.3) is 0 Å². The summed E-state index contributed by atoms with van der Waals surface area (Å²) in [4.78, 5) is 5.92. The maximum absolute atomic E-state index is 4.56. The highest BCUT2D eigenvalue weighted by Gasteiger charge is 2.12. The molecule has 74 valence electrons. The summed E-state index contributed by atoms with van der Waals surface area (Å²) in [7, 11) is 0. The Kier molecular flexibility index (Phi) is 2.92. The molecule has 0 N–H and O–H groups in total. The maximum Gasteiger partial charge on any atom is 0.0432 e. The summed E-state index contributed by atoms with van der Waals surface area (Å²) in [5, 5.41) is 0. The fourth-order valence-corrected chi connectivity index (χ4v) is 2.41. The van der Waals surface area contributed by atoms with E-state index < -0.39 is 0 Å². The van der Waals surface area contributed by atoms with Crippen molar-refractivity contribution in [1.82, 2.24) is 0 Å². The van der Waals surface area contributed by atoms with Crippen LogP contribution in [0.5, 0.6) is 0 Å². The van der Waals surface area contributed by atoms with Gasteiger partial charge in [0.15, 0.2) is 0 Å². The van der Waals surface area contributed by atoms with E-state index >= 15 is 0 Å². The van der Waals surface area contributed by atoms with Crippen molar-refractivity contribution in [1.29, 1.82) is 0 Å². The first-order valence-corrected chi connectivity index (χ1v) is 6.22. The Morgan fingerprint density at radius 2 is 2.21 bits per heavy atom. The predicted octanol–water partition coefficient (Wildman–Crippen LogP) is 3.30. The van der Waals surface area contributed by atoms with Crippen molar-refractivity contribution < 1.29 is 0 Å². The molecule has 0 bridgehead atoms. The molecular formula is C12H15NS. The van der Waals surface area contributed by atoms with Gasteiger partial charge in [0.05, 0.1) is 0 Å². The number of nitrogens with zero attached hydrogens (tertiary/aromatic N) is 1. The Labute approximate surface area is 89.6 Å². The number of hydrogen-bond acceptors (Lipinski definition) is 2. The highest BCUT2D eigenvalue weighted by Crippen LogP contribution is 2.25. The first-order valence-electron chi connectivity index (χ1n) is 4.99. The summed E-state index contributed by atoms with van der Waals surface area (Å²) in [5.74, 6) is 0. The van der Waals surface area contributed by atoms with Crippen LogP contribution < -0.4 is 0 Å². The molecule has 0 aromatic heterocycles. The Hall–Kier alpha value is -0.760. The molecule has 2 rings (SSSR count). The van der Waals surface area contributed by atoms with Gasteiger partial charge in [-0.3, -0.25) is 4.99 Å². The minimum atomic E-state index is 1.01. The first kappa shape index (κ1) is 9.78. The van der Waals surface area contributed by atoms with Crippen molar-refractivity contribution in [2.75, 3.05) is 12.8 Å². The third-order valence-corrected chi connectivity index (χ3v) is 3.34. The van der Waals surface area contributed by atoms with Crippen LogP contribution in [0.4, 0.5) is 0 Å². The largest absolute Gasteiger partial charge is 0.289 e. The molecule has 0 aliphatic carbocycles. The number of aliphatic imine (C=N–C) groups is 1. The van der Waals surface area contributed by atoms with Gasteiger partial charge in [0.2, 0.25) is 0 Å². The van der Waals surface area contributed by atoms with Gasteiger partial charge in [0.1, 0.15) is 0 Å². The smallest absolute Gasteiger partial charge is 0.0432 e. The second kappa shape index (κ2) is 4.18. The highest BCUT2D eigenvalue weighted by molar-refractivity contribution is 7.98. The summed E-state index contributed by atoms with van der Waals surface area (Å²) in [6, 6.07) is 6.64. The minimum absolute atomic E-state index is 1.01. The second-order valence-electron chi connectivity index (χ2n) is 3.64. The average molecular weight is 205 g/mol. The molecule has 0 spiro atoms. The van der Waals surface area contributed by atoms with Crippen LogP contribution in [0.2, 0.25) is 0 Å². The number of rotatable bonds is 2. The molecule has 0 atom stereocenters. The predicted molar refractivity (Wildman–Crippen MR) is 63.6 cm³/mol. The monoisotopic (exact) mass is 205 g/mol. The van der Waals surface area contributed by atoms with Gasteiger partial charge in [-0.2, -0.15) is 0 Å². The molecule has 14 heavy (non-hydrogen) atoms. The number of aryl methyl sites for hydroxylation is 1. The SMILES string of the molecule is CSc1ccc(C)cc1C1=NCCC1. The van der Waals surface area contributed by atoms with Gasteiger partial charge in [-0.15, -0.1) is 11.8 Å². The Morgan fingerprint density at radius 3 is 2.86 bits per heavy atom. The van der Waals surface area contributed by atoms with Gasteiger partial charge < -0.3 is 0 Å². The lowest BCUT2D eigenvalue weighted by Gasteiger charge is -2.07. The summed E-state index contributed by atoms with van der Waals surface area (Å²) >= 11 is 1.81. The lowest BCUT2D eigenvalue weighted by Crippen LogP contribution is -1.99. The standard InChI is InChI=1S/C12H15NS/c1-9-5-6-12(14-2)10(8-9)11-4-3-7-13-11/h5-6,8H,3-4,7H2,1-2H3. The summed E-state index contributed by atoms with van der Waals surface area (Å²) < 4.78 is 0. The summed E-state index contributed by atoms with van der Waals surface area (Å²) in [6.07, 6.45) is 4.50. The van der Waals surface area contributed by atoms with Crippen molar-refractivity contribution in [2.24, 2.45) is 4.99 Å². The summed E-state index contributed by atoms with van der Waals surface area (Å²) in [6.45, 7) is 3.15. The molecule has 1 aromatic carbocycles. The van der Waals surface area contributed by atoms with Crippen LogP contribution in [-0.2, 0) is 0 Å². The third kappa shape index (κ3) is 1.85. The molecule has 2 heteroatoms. The Balaban J connectivity index is 2.43. The topological polar surface area (TPSA) is 12.4 Å². The normalized spacial score (nSPS) is 15.7. The fraction of sp³-hybridized carbons (Fsp3) is 0.417. The Morgan fingerprint density at radius 1 is 1.36 bits per heavy atom. The molecule has 0 unspecified atom stereocenters. The molecule has 0 radical (unpaired) electrons. The molecule has 0 saturated carbocycles. The minimum Gasteiger partial charge on any atom is -0.289 e. The van der Waals surface area contributed by atoms with E-state index in [0.29, 0.717) is 0 Å². The van der Waals surface area contributed by atoms with Crippen molar-refractivity contribution >= 4 is 17.5 Å². The zero-order valence-electron chi connectivity index (χ0n) is 8.71. The third-order valence-electron chi connectivity index (χ3n) is 2.54. The van der Waals surface area contributed by atoms with Crippen molar-refractivity contribution in [3.05, 3.63) is 29.3 Å². The van der Waals surface area contributed by atoms with E-state index in [1.165, 1.54) is 28.2 Å². The molecule has 1 heterocycles. The maximum atomic E-state index is 4.56. The van der Waals surface area contributed by atoms with E-state index in [1.54, 1.807) is 0 Å². The molecule has 0 amide bonds. The van der Waals surface area contributed by atoms with Crippen molar-refractivity contribution in [3.8, 4) is 0 Å². The lowest BCUT2D eigenvalue weighted by molar-refractivity contribution is 0.951. The van der Waals surface area contributed by atoms with Crippen LogP contribution in [0.15, 0.2) is 28.1 Å². The van der Waals surface area contributed by atoms with E-state index in [1.807, 2.05) is 11.8 Å². The average Bonchev–Trinajstić information content (AvgIpc) is 2.70. The van der Waals surface area contributed by atoms with E-state index in [0.717, 1.165) is 13.0 Å². The first-order chi connectivity index (χ1) is 6.81. The van der Waals surface area contributed by atoms with Crippen LogP contribution in [0.1, 0.15) is 24.0 Å². The zero-order valence-corrected chi connectivity index (χ0v) is 9.53. The number of thioether (sulfide) groups is 1. The van der Waals surface area contributed by atoms with Crippen molar-refractivity contribution in [2.45, 2.75) is 24.7 Å². The van der Waals surface area contributed by atoms with Gasteiger partial charge in [0, 0.05) is 22.7 Å². The molecule has 1 nitrogen and oxygen atoms in total. The van der Waals surface area contributed by atoms with Gasteiger partial charge >= 0.3 is 0 Å². The van der Waals surface area contributed by atoms with Crippen LogP contribution in [0, 0.1) is 6.92 Å². The van der Waals surface area contributed by atoms with Crippen LogP contribution >= 0.6 is 11.8 Å². The Bertz CT molecular complexity index is 369. The van der Waals surface area contributed by atoms with E-state index in [2.05, 4.69) is 36.4 Å². The quantitative estimate of drug-likeness (QED) is 0.675. The molecule has 0 fully saturated rings.